The van der Waals surface area contributed by atoms with Crippen molar-refractivity contribution in [2.45, 2.75) is 13.0 Å². The Labute approximate surface area is 163 Å². The molecule has 2 aromatic carbocycles. The Bertz CT molecular complexity index is 961. The number of ether oxygens (including phenoxy) is 1. The Morgan fingerprint density at radius 3 is 2.70 bits per heavy atom. The largest absolute Gasteiger partial charge is 0.488 e. The van der Waals surface area contributed by atoms with E-state index in [-0.39, 0.29) is 5.91 Å². The summed E-state index contributed by atoms with van der Waals surface area (Å²) < 4.78 is 5.79. The van der Waals surface area contributed by atoms with Gasteiger partial charge in [0.15, 0.2) is 0 Å². The molecule has 0 radical (unpaired) electrons. The summed E-state index contributed by atoms with van der Waals surface area (Å²) in [5.41, 5.74) is 4.22. The van der Waals surface area contributed by atoms with E-state index in [1.807, 2.05) is 42.5 Å². The van der Waals surface area contributed by atoms with Crippen LogP contribution in [0.1, 0.15) is 20.8 Å². The third kappa shape index (κ3) is 3.89. The van der Waals surface area contributed by atoms with E-state index in [2.05, 4.69) is 36.4 Å². The number of amides is 1. The number of carbonyl (C=O) groups excluding carboxylic acids is 1. The Balaban J connectivity index is 1.48. The van der Waals surface area contributed by atoms with Gasteiger partial charge in [0, 0.05) is 28.2 Å². The number of hydrogen-bond acceptors (Lipinski definition) is 4. The van der Waals surface area contributed by atoms with Crippen LogP contribution < -0.4 is 10.1 Å². The van der Waals surface area contributed by atoms with E-state index < -0.39 is 0 Å². The maximum atomic E-state index is 12.7. The molecular formula is C22H22N2O2S. The molecule has 1 amide bonds. The lowest BCUT2D eigenvalue weighted by Crippen LogP contribution is -2.15. The fourth-order valence-electron chi connectivity index (χ4n) is 3.11. The van der Waals surface area contributed by atoms with Crippen LogP contribution in [0.3, 0.4) is 0 Å². The Kier molecular flexibility index (Phi) is 4.97. The van der Waals surface area contributed by atoms with Crippen LogP contribution in [0, 0.1) is 0 Å². The summed E-state index contributed by atoms with van der Waals surface area (Å²) in [6, 6.07) is 18.0. The summed E-state index contributed by atoms with van der Waals surface area (Å²) in [4.78, 5) is 16.7. The summed E-state index contributed by atoms with van der Waals surface area (Å²) in [7, 11) is 4.14. The molecule has 1 aromatic heterocycles. The Morgan fingerprint density at radius 1 is 1.15 bits per heavy atom. The summed E-state index contributed by atoms with van der Waals surface area (Å²) in [6.07, 6.45) is 0.998. The van der Waals surface area contributed by atoms with E-state index in [0.29, 0.717) is 11.5 Å². The minimum Gasteiger partial charge on any atom is -0.488 e. The number of carbonyl (C=O) groups is 1. The molecule has 27 heavy (non-hydrogen) atoms. The van der Waals surface area contributed by atoms with E-state index in [1.54, 1.807) is 0 Å². The van der Waals surface area contributed by atoms with Crippen LogP contribution >= 0.6 is 11.3 Å². The smallest absolute Gasteiger partial charge is 0.265 e. The highest BCUT2D eigenvalue weighted by atomic mass is 32.1. The molecule has 5 heteroatoms. The third-order valence-electron chi connectivity index (χ3n) is 4.61. The fraction of sp³-hybridized carbons (Fsp3) is 0.227. The summed E-state index contributed by atoms with van der Waals surface area (Å²) >= 11 is 1.52. The van der Waals surface area contributed by atoms with Gasteiger partial charge in [0.1, 0.15) is 12.4 Å². The summed E-state index contributed by atoms with van der Waals surface area (Å²) in [5.74, 6) is 0.806. The van der Waals surface area contributed by atoms with Crippen LogP contribution in [0.15, 0.2) is 54.6 Å². The van der Waals surface area contributed by atoms with Gasteiger partial charge in [0.05, 0.1) is 4.88 Å². The molecule has 1 N–H and O–H groups in total. The van der Waals surface area contributed by atoms with E-state index in [9.17, 15) is 4.79 Å². The van der Waals surface area contributed by atoms with Crippen LogP contribution in [0.25, 0.3) is 10.4 Å². The maximum absolute atomic E-state index is 12.7. The lowest BCUT2D eigenvalue weighted by atomic mass is 10.1. The second-order valence-corrected chi connectivity index (χ2v) is 8.01. The molecule has 1 aliphatic rings. The molecule has 0 atom stereocenters. The van der Waals surface area contributed by atoms with Crippen molar-refractivity contribution in [2.24, 2.45) is 0 Å². The van der Waals surface area contributed by atoms with E-state index in [4.69, 9.17) is 4.74 Å². The zero-order valence-corrected chi connectivity index (χ0v) is 16.3. The Hall–Kier alpha value is -2.63. The Morgan fingerprint density at radius 2 is 1.93 bits per heavy atom. The van der Waals surface area contributed by atoms with Crippen molar-refractivity contribution in [1.82, 2.24) is 4.90 Å². The van der Waals surface area contributed by atoms with Crippen LogP contribution in [-0.4, -0.2) is 31.4 Å². The SMILES string of the molecule is CN(C)CCc1ccc(NC(=O)c2cc3c(s2)-c2ccccc2OC3)cc1. The van der Waals surface area contributed by atoms with Crippen LogP contribution in [0.2, 0.25) is 0 Å². The van der Waals surface area contributed by atoms with Gasteiger partial charge in [0.2, 0.25) is 0 Å². The van der Waals surface area contributed by atoms with Crippen LogP contribution in [0.5, 0.6) is 5.75 Å². The molecule has 0 fully saturated rings. The standard InChI is InChI=1S/C22H22N2O2S/c1-24(2)12-11-15-7-9-17(10-8-15)23-22(25)20-13-16-14-26-19-6-4-3-5-18(19)21(16)27-20/h3-10,13H,11-12,14H2,1-2H3,(H,23,25). The molecule has 0 saturated carbocycles. The maximum Gasteiger partial charge on any atom is 0.265 e. The van der Waals surface area contributed by atoms with Crippen molar-refractivity contribution in [3.63, 3.8) is 0 Å². The zero-order valence-electron chi connectivity index (χ0n) is 15.5. The van der Waals surface area contributed by atoms with Gasteiger partial charge >= 0.3 is 0 Å². The van der Waals surface area contributed by atoms with Crippen LogP contribution in [-0.2, 0) is 13.0 Å². The summed E-state index contributed by atoms with van der Waals surface area (Å²) in [5, 5.41) is 3.00. The number of nitrogens with zero attached hydrogens (tertiary/aromatic N) is 1. The molecule has 2 heterocycles. The average Bonchev–Trinajstić information content (AvgIpc) is 3.12. The number of nitrogens with one attached hydrogen (secondary N) is 1. The predicted octanol–water partition coefficient (Wildman–Crippen LogP) is 4.66. The molecule has 0 bridgehead atoms. The molecule has 4 nitrogen and oxygen atoms in total. The lowest BCUT2D eigenvalue weighted by Gasteiger charge is -2.16. The first-order chi connectivity index (χ1) is 13.1. The van der Waals surface area contributed by atoms with Gasteiger partial charge in [-0.05, 0) is 56.4 Å². The third-order valence-corrected chi connectivity index (χ3v) is 5.82. The van der Waals surface area contributed by atoms with Crippen molar-refractivity contribution >= 4 is 22.9 Å². The molecule has 138 valence electrons. The predicted molar refractivity (Wildman–Crippen MR) is 111 cm³/mol. The van der Waals surface area contributed by atoms with Gasteiger partial charge in [0.25, 0.3) is 5.91 Å². The second-order valence-electron chi connectivity index (χ2n) is 6.95. The number of para-hydroxylation sites is 1. The number of anilines is 1. The first-order valence-corrected chi connectivity index (χ1v) is 9.82. The quantitative estimate of drug-likeness (QED) is 0.702. The average molecular weight is 378 g/mol. The number of fused-ring (bicyclic) bond motifs is 3. The van der Waals surface area contributed by atoms with Crippen molar-refractivity contribution in [3.8, 4) is 16.2 Å². The van der Waals surface area contributed by atoms with Gasteiger partial charge in [-0.1, -0.05) is 24.3 Å². The minimum absolute atomic E-state index is 0.0760. The van der Waals surface area contributed by atoms with E-state index >= 15 is 0 Å². The molecule has 4 rings (SSSR count). The zero-order chi connectivity index (χ0) is 18.8. The normalized spacial score (nSPS) is 12.3. The molecule has 3 aromatic rings. The lowest BCUT2D eigenvalue weighted by molar-refractivity contribution is 0.103. The van der Waals surface area contributed by atoms with Crippen molar-refractivity contribution < 1.29 is 9.53 Å². The van der Waals surface area contributed by atoms with Crippen LogP contribution in [0.4, 0.5) is 5.69 Å². The van der Waals surface area contributed by atoms with Crippen molar-refractivity contribution in [1.29, 1.82) is 0 Å². The highest BCUT2D eigenvalue weighted by Crippen LogP contribution is 2.42. The van der Waals surface area contributed by atoms with Gasteiger partial charge in [-0.2, -0.15) is 0 Å². The number of hydrogen-bond donors (Lipinski definition) is 1. The van der Waals surface area contributed by atoms with Gasteiger partial charge < -0.3 is 15.0 Å². The molecule has 0 saturated heterocycles. The number of rotatable bonds is 5. The molecule has 1 aliphatic heterocycles. The number of benzene rings is 2. The molecular weight excluding hydrogens is 356 g/mol. The van der Waals surface area contributed by atoms with E-state index in [1.165, 1.54) is 16.9 Å². The first-order valence-electron chi connectivity index (χ1n) is 9.00. The van der Waals surface area contributed by atoms with Gasteiger partial charge in [-0.3, -0.25) is 4.79 Å². The highest BCUT2D eigenvalue weighted by Gasteiger charge is 2.22. The molecule has 0 unspecified atom stereocenters. The minimum atomic E-state index is -0.0760. The summed E-state index contributed by atoms with van der Waals surface area (Å²) in [6.45, 7) is 1.52. The van der Waals surface area contributed by atoms with E-state index in [0.717, 1.165) is 40.4 Å². The van der Waals surface area contributed by atoms with Crippen molar-refractivity contribution in [3.05, 3.63) is 70.6 Å². The number of likely N-dealkylation sites (N-methyl/N-ethyl adjacent to an activating group) is 1. The first kappa shape index (κ1) is 17.8. The van der Waals surface area contributed by atoms with Crippen molar-refractivity contribution in [2.75, 3.05) is 26.0 Å². The highest BCUT2D eigenvalue weighted by molar-refractivity contribution is 7.17. The number of thiophene rings is 1. The topological polar surface area (TPSA) is 41.6 Å². The fourth-order valence-corrected chi connectivity index (χ4v) is 4.20. The molecule has 0 aliphatic carbocycles. The monoisotopic (exact) mass is 378 g/mol. The van der Waals surface area contributed by atoms with Gasteiger partial charge in [-0.25, -0.2) is 0 Å². The second kappa shape index (κ2) is 7.55. The molecule has 0 spiro atoms. The van der Waals surface area contributed by atoms with Gasteiger partial charge in [-0.15, -0.1) is 11.3 Å².